The smallest absolute Gasteiger partial charge is 0.140 e. The predicted octanol–water partition coefficient (Wildman–Crippen LogP) is 13.6. The van der Waals surface area contributed by atoms with E-state index in [9.17, 15) is 10.2 Å². The van der Waals surface area contributed by atoms with Gasteiger partial charge in [0.25, 0.3) is 0 Å². The number of phenols is 1. The minimum Gasteiger partial charge on any atom is -0.508 e. The summed E-state index contributed by atoms with van der Waals surface area (Å²) in [4.78, 5) is 19.9. The molecule has 3 aromatic carbocycles. The van der Waals surface area contributed by atoms with Crippen molar-refractivity contribution in [2.75, 3.05) is 46.1 Å². The number of aliphatic hydroxyl groups excluding tert-OH is 2. The molecule has 0 spiro atoms. The van der Waals surface area contributed by atoms with Gasteiger partial charge in [0.05, 0.1) is 61.4 Å². The van der Waals surface area contributed by atoms with Crippen molar-refractivity contribution in [3.63, 3.8) is 0 Å². The summed E-state index contributed by atoms with van der Waals surface area (Å²) in [6, 6.07) is 40.9. The number of fused-ring (bicyclic) bond motifs is 3. The Kier molecular flexibility index (Phi) is 25.4. The van der Waals surface area contributed by atoms with Crippen LogP contribution in [0.3, 0.4) is 0 Å². The molecular formula is C69H83BBrN12O8Si2. The van der Waals surface area contributed by atoms with Crippen molar-refractivity contribution in [1.82, 2.24) is 52.6 Å². The molecule has 1 fully saturated rings. The molecule has 10 heterocycles. The quantitative estimate of drug-likeness (QED) is 0.0452. The van der Waals surface area contributed by atoms with Crippen molar-refractivity contribution in [2.24, 2.45) is 4.99 Å². The normalized spacial score (nSPS) is 13.1. The molecular weight excluding hydrogens is 1270 g/mol. The molecule has 24 heteroatoms. The Labute approximate surface area is 556 Å². The van der Waals surface area contributed by atoms with Crippen molar-refractivity contribution in [3.05, 3.63) is 204 Å². The van der Waals surface area contributed by atoms with Gasteiger partial charge >= 0.3 is 0 Å². The summed E-state index contributed by atoms with van der Waals surface area (Å²) in [5.41, 5.74) is 11.3. The van der Waals surface area contributed by atoms with Crippen LogP contribution in [0.4, 0.5) is 0 Å². The van der Waals surface area contributed by atoms with Gasteiger partial charge in [-0.15, -0.1) is 0 Å². The molecule has 20 nitrogen and oxygen atoms in total. The SMILES string of the molecule is C.C1=NCC(c2ccc(Oc3ccn4cc(CN5CCOCC5)nc4c3)cc2)=C1.C[Si](C)(C)CCOCn1nccc1-c1ccc(O)cc1.C[Si](C)(C)CCOCn1nccc1-c1ccc(Oc2ccn3cc(CO)nc3c2)cc1.OCc1cn2ccc(Br)cc2n1.[B]. The molecule has 485 valence electrons. The van der Waals surface area contributed by atoms with Gasteiger partial charge in [-0.1, -0.05) is 74.8 Å². The van der Waals surface area contributed by atoms with Gasteiger partial charge in [-0.25, -0.2) is 24.3 Å². The van der Waals surface area contributed by atoms with E-state index in [1.807, 2.05) is 151 Å². The minimum atomic E-state index is -1.10. The topological polar surface area (TPSA) is 210 Å². The zero-order valence-electron chi connectivity index (χ0n) is 52.9. The summed E-state index contributed by atoms with van der Waals surface area (Å²) in [6.45, 7) is 21.5. The van der Waals surface area contributed by atoms with Crippen LogP contribution in [0.15, 0.2) is 186 Å². The Morgan fingerprint density at radius 2 is 1.00 bits per heavy atom. The number of aliphatic hydroxyl groups is 2. The summed E-state index contributed by atoms with van der Waals surface area (Å²) in [5.74, 6) is 3.29. The highest BCUT2D eigenvalue weighted by molar-refractivity contribution is 9.10. The van der Waals surface area contributed by atoms with E-state index in [4.69, 9.17) is 33.8 Å². The van der Waals surface area contributed by atoms with Crippen LogP contribution < -0.4 is 9.47 Å². The number of pyridine rings is 3. The lowest BCUT2D eigenvalue weighted by Crippen LogP contribution is -2.35. The zero-order valence-corrected chi connectivity index (χ0v) is 56.5. The standard InChI is InChI=1S/C23H28N4O3Si.C22H22N4O2.C15H22N2O2Si.C8H7BrN2O.CH4.B/c1-31(2,3)13-12-29-17-27-22(8-10-24-27)18-4-6-20(7-5-18)30-21-9-11-26-15-19(16-28)25-23(26)14-21;1-3-20(4-2-17(1)18-5-7-23-14-18)28-21-6-8-26-16-19(24-22(26)13-21)15-25-9-11-27-12-10-25;1-20(2,3)11-10-19-12-17-15(8-9-16-17)13-4-6-14(18)7-5-13;9-6-1-2-11-4-7(5-12)10-8(11)3-6;;/h4-11,14-15,28H,12-13,16-17H2,1-3H3;1-8,13,16H,9-12,14-15H2;4-9,18H,10-12H2,1-3H3;1-4,12H,5H2;1H4;. The molecule has 0 aliphatic carbocycles. The van der Waals surface area contributed by atoms with Gasteiger partial charge in [0.2, 0.25) is 0 Å². The molecule has 13 rings (SSSR count). The maximum atomic E-state index is 9.33. The third-order valence-electron chi connectivity index (χ3n) is 14.8. The number of rotatable bonds is 21. The van der Waals surface area contributed by atoms with E-state index in [-0.39, 0.29) is 34.8 Å². The first kappa shape index (κ1) is 70.6. The number of hydrogen-bond acceptors (Lipinski definition) is 15. The molecule has 0 saturated carbocycles. The van der Waals surface area contributed by atoms with Gasteiger partial charge in [-0.3, -0.25) is 9.89 Å². The highest BCUT2D eigenvalue weighted by Gasteiger charge is 2.17. The average Bonchev–Trinajstić information content (AvgIpc) is 1.79. The lowest BCUT2D eigenvalue weighted by Gasteiger charge is -2.25. The fraction of sp³-hybridized carbons (Fsp3) is 0.304. The van der Waals surface area contributed by atoms with Crippen LogP contribution in [0.5, 0.6) is 28.7 Å². The van der Waals surface area contributed by atoms with E-state index in [2.05, 4.69) is 110 Å². The van der Waals surface area contributed by atoms with Crippen molar-refractivity contribution in [1.29, 1.82) is 0 Å². The Hall–Kier alpha value is -8.30. The first-order valence-corrected chi connectivity index (χ1v) is 38.5. The first-order valence-electron chi connectivity index (χ1n) is 30.3. The molecule has 0 amide bonds. The number of aromatic nitrogens is 10. The monoisotopic (exact) mass is 1350 g/mol. The maximum Gasteiger partial charge on any atom is 0.140 e. The van der Waals surface area contributed by atoms with E-state index in [1.54, 1.807) is 30.7 Å². The van der Waals surface area contributed by atoms with E-state index < -0.39 is 16.1 Å². The molecule has 2 aliphatic rings. The number of benzene rings is 3. The molecule has 0 unspecified atom stereocenters. The molecule has 8 aromatic heterocycles. The van der Waals surface area contributed by atoms with Crippen molar-refractivity contribution in [2.45, 2.75) is 92.0 Å². The van der Waals surface area contributed by atoms with E-state index >= 15 is 0 Å². The second-order valence-electron chi connectivity index (χ2n) is 24.4. The molecule has 2 aliphatic heterocycles. The molecule has 3 radical (unpaired) electrons. The number of imidazole rings is 3. The second-order valence-corrected chi connectivity index (χ2v) is 36.5. The number of nitrogens with zero attached hydrogens (tertiary/aromatic N) is 12. The largest absolute Gasteiger partial charge is 0.508 e. The lowest BCUT2D eigenvalue weighted by atomic mass is 10.1. The molecule has 11 aromatic rings. The summed E-state index contributed by atoms with van der Waals surface area (Å²) in [7, 11) is -2.14. The van der Waals surface area contributed by atoms with Gasteiger partial charge in [-0.05, 0) is 126 Å². The van der Waals surface area contributed by atoms with E-state index in [0.29, 0.717) is 30.6 Å². The van der Waals surface area contributed by atoms with Gasteiger partial charge in [0.1, 0.15) is 59.2 Å². The Balaban J connectivity index is 0.000000165. The summed E-state index contributed by atoms with van der Waals surface area (Å²) in [5, 5.41) is 36.1. The Morgan fingerprint density at radius 3 is 1.47 bits per heavy atom. The minimum absolute atomic E-state index is 0. The van der Waals surface area contributed by atoms with Crippen LogP contribution in [-0.4, -0.2) is 145 Å². The first-order chi connectivity index (χ1) is 44.0. The van der Waals surface area contributed by atoms with Gasteiger partial charge in [-0.2, -0.15) is 10.2 Å². The van der Waals surface area contributed by atoms with Crippen LogP contribution >= 0.6 is 15.9 Å². The molecule has 0 atom stereocenters. The van der Waals surface area contributed by atoms with Crippen LogP contribution in [0.25, 0.3) is 45.0 Å². The van der Waals surface area contributed by atoms with Crippen LogP contribution in [0.1, 0.15) is 30.1 Å². The lowest BCUT2D eigenvalue weighted by molar-refractivity contribution is 0.0337. The number of allylic oxidation sites excluding steroid dienone is 1. The number of ether oxygens (including phenoxy) is 5. The van der Waals surface area contributed by atoms with Crippen LogP contribution in [-0.2, 0) is 47.4 Å². The number of halogens is 1. The predicted molar refractivity (Wildman–Crippen MR) is 377 cm³/mol. The number of morpholine rings is 1. The summed E-state index contributed by atoms with van der Waals surface area (Å²) >= 11 is 3.35. The number of phenolic OH excluding ortho intramolecular Hbond substituents is 1. The average molecular weight is 1360 g/mol. The van der Waals surface area contributed by atoms with Gasteiger partial charge in [0, 0.05) is 141 Å². The third kappa shape index (κ3) is 20.8. The van der Waals surface area contributed by atoms with Crippen molar-refractivity contribution >= 4 is 69.2 Å². The molecule has 93 heavy (non-hydrogen) atoms. The number of hydrogen-bond donors (Lipinski definition) is 3. The van der Waals surface area contributed by atoms with Crippen LogP contribution in [0, 0.1) is 0 Å². The Bertz CT molecular complexity index is 4170. The van der Waals surface area contributed by atoms with Crippen molar-refractivity contribution in [3.8, 4) is 51.3 Å². The maximum absolute atomic E-state index is 9.33. The number of aliphatic imine (C=N–C) groups is 1. The fourth-order valence-electron chi connectivity index (χ4n) is 9.67. The Morgan fingerprint density at radius 1 is 0.548 bits per heavy atom. The van der Waals surface area contributed by atoms with Crippen LogP contribution in [0.2, 0.25) is 51.4 Å². The summed E-state index contributed by atoms with van der Waals surface area (Å²) in [6.07, 6.45) is 18.9. The van der Waals surface area contributed by atoms with E-state index in [1.165, 1.54) is 11.1 Å². The third-order valence-corrected chi connectivity index (χ3v) is 18.7. The zero-order chi connectivity index (χ0) is 63.7. The summed E-state index contributed by atoms with van der Waals surface area (Å²) < 4.78 is 39.5. The highest BCUT2D eigenvalue weighted by atomic mass is 79.9. The van der Waals surface area contributed by atoms with Gasteiger partial charge < -0.3 is 52.2 Å². The van der Waals surface area contributed by atoms with Crippen molar-refractivity contribution < 1.29 is 39.0 Å². The molecule has 0 bridgehead atoms. The second kappa shape index (κ2) is 33.5. The number of aromatic hydroxyl groups is 1. The molecule has 3 N–H and O–H groups in total. The molecule has 1 saturated heterocycles. The highest BCUT2D eigenvalue weighted by Crippen LogP contribution is 2.29. The van der Waals surface area contributed by atoms with Gasteiger partial charge in [0.15, 0.2) is 0 Å². The fourth-order valence-corrected chi connectivity index (χ4v) is 11.5. The van der Waals surface area contributed by atoms with E-state index in [0.717, 1.165) is 132 Å².